The van der Waals surface area contributed by atoms with Gasteiger partial charge in [-0.25, -0.2) is 0 Å². The van der Waals surface area contributed by atoms with Crippen LogP contribution in [0, 0.1) is 0 Å². The number of methoxy groups -OCH3 is 1. The minimum Gasteiger partial charge on any atom is -0.497 e. The van der Waals surface area contributed by atoms with Crippen molar-refractivity contribution in [1.29, 1.82) is 0 Å². The summed E-state index contributed by atoms with van der Waals surface area (Å²) in [5.74, 6) is 1.91. The molecular formula is C18H27NO3S. The first-order valence-corrected chi connectivity index (χ1v) is 9.58. The number of hydrogen-bond donors (Lipinski definition) is 2. The zero-order valence-electron chi connectivity index (χ0n) is 13.8. The third-order valence-corrected chi connectivity index (χ3v) is 6.36. The number of aliphatic hydroxyl groups is 1. The molecule has 3 rings (SSSR count). The first-order chi connectivity index (χ1) is 11.2. The van der Waals surface area contributed by atoms with Crippen molar-refractivity contribution in [2.75, 3.05) is 32.6 Å². The molecule has 0 bridgehead atoms. The molecule has 0 radical (unpaired) electrons. The Morgan fingerprint density at radius 2 is 2.35 bits per heavy atom. The summed E-state index contributed by atoms with van der Waals surface area (Å²) >= 11 is 1.89. The fraction of sp³-hybridized carbons (Fsp3) is 0.667. The molecule has 3 atom stereocenters. The van der Waals surface area contributed by atoms with Gasteiger partial charge in [0.15, 0.2) is 0 Å². The van der Waals surface area contributed by atoms with Crippen LogP contribution < -0.4 is 10.1 Å². The molecule has 2 aliphatic heterocycles. The third-order valence-electron chi connectivity index (χ3n) is 4.85. The van der Waals surface area contributed by atoms with Gasteiger partial charge in [0.1, 0.15) is 11.4 Å². The normalized spacial score (nSPS) is 32.3. The maximum Gasteiger partial charge on any atom is 0.119 e. The zero-order valence-corrected chi connectivity index (χ0v) is 14.6. The predicted octanol–water partition coefficient (Wildman–Crippen LogP) is 2.55. The van der Waals surface area contributed by atoms with E-state index in [2.05, 4.69) is 5.32 Å². The summed E-state index contributed by atoms with van der Waals surface area (Å²) in [4.78, 5) is 0. The van der Waals surface area contributed by atoms with Crippen LogP contribution >= 0.6 is 11.8 Å². The maximum atomic E-state index is 11.6. The van der Waals surface area contributed by atoms with E-state index in [4.69, 9.17) is 9.47 Å². The van der Waals surface area contributed by atoms with Crippen LogP contribution in [0.4, 0.5) is 0 Å². The van der Waals surface area contributed by atoms with Crippen molar-refractivity contribution in [3.05, 3.63) is 29.8 Å². The quantitative estimate of drug-likeness (QED) is 0.884. The van der Waals surface area contributed by atoms with Crippen molar-refractivity contribution >= 4 is 11.8 Å². The largest absolute Gasteiger partial charge is 0.497 e. The fourth-order valence-corrected chi connectivity index (χ4v) is 5.05. The molecule has 0 amide bonds. The third kappa shape index (κ3) is 4.02. The lowest BCUT2D eigenvalue weighted by molar-refractivity contribution is -0.0165. The zero-order chi connectivity index (χ0) is 16.1. The lowest BCUT2D eigenvalue weighted by Gasteiger charge is -2.38. The van der Waals surface area contributed by atoms with Crippen LogP contribution in [-0.4, -0.2) is 49.0 Å². The average molecular weight is 337 g/mol. The number of nitrogens with one attached hydrogen (secondary N) is 1. The second-order valence-corrected chi connectivity index (χ2v) is 7.72. The molecular weight excluding hydrogens is 310 g/mol. The van der Waals surface area contributed by atoms with E-state index < -0.39 is 5.60 Å². The van der Waals surface area contributed by atoms with Crippen molar-refractivity contribution < 1.29 is 14.6 Å². The Hall–Kier alpha value is -0.750. The van der Waals surface area contributed by atoms with Gasteiger partial charge in [-0.3, -0.25) is 0 Å². The van der Waals surface area contributed by atoms with Gasteiger partial charge in [0.25, 0.3) is 0 Å². The molecule has 5 heteroatoms. The topological polar surface area (TPSA) is 50.7 Å². The summed E-state index contributed by atoms with van der Waals surface area (Å²) in [6, 6.07) is 7.91. The molecule has 3 unspecified atom stereocenters. The summed E-state index contributed by atoms with van der Waals surface area (Å²) in [5, 5.41) is 15.1. The molecule has 0 spiro atoms. The van der Waals surface area contributed by atoms with E-state index in [9.17, 15) is 5.11 Å². The lowest BCUT2D eigenvalue weighted by Crippen LogP contribution is -2.44. The summed E-state index contributed by atoms with van der Waals surface area (Å²) in [6.45, 7) is 2.57. The van der Waals surface area contributed by atoms with Crippen LogP contribution in [0.3, 0.4) is 0 Å². The Morgan fingerprint density at radius 1 is 1.43 bits per heavy atom. The molecule has 4 nitrogen and oxygen atoms in total. The highest BCUT2D eigenvalue weighted by Gasteiger charge is 2.41. The monoisotopic (exact) mass is 337 g/mol. The lowest BCUT2D eigenvalue weighted by atomic mass is 9.83. The Morgan fingerprint density at radius 3 is 3.13 bits per heavy atom. The van der Waals surface area contributed by atoms with Gasteiger partial charge in [-0.2, -0.15) is 11.8 Å². The van der Waals surface area contributed by atoms with E-state index in [-0.39, 0.29) is 11.4 Å². The molecule has 0 saturated carbocycles. The van der Waals surface area contributed by atoms with E-state index in [0.29, 0.717) is 0 Å². The number of ether oxygens (including phenoxy) is 2. The van der Waals surface area contributed by atoms with Gasteiger partial charge in [-0.15, -0.1) is 0 Å². The second kappa shape index (κ2) is 7.88. The van der Waals surface area contributed by atoms with Crippen molar-refractivity contribution in [2.45, 2.75) is 42.6 Å². The molecule has 2 N–H and O–H groups in total. The van der Waals surface area contributed by atoms with Crippen LogP contribution in [0.25, 0.3) is 0 Å². The molecule has 0 aliphatic carbocycles. The van der Waals surface area contributed by atoms with Crippen LogP contribution in [-0.2, 0) is 10.3 Å². The van der Waals surface area contributed by atoms with Gasteiger partial charge >= 0.3 is 0 Å². The summed E-state index contributed by atoms with van der Waals surface area (Å²) < 4.78 is 11.2. The smallest absolute Gasteiger partial charge is 0.119 e. The molecule has 23 heavy (non-hydrogen) atoms. The van der Waals surface area contributed by atoms with Gasteiger partial charge in [0.2, 0.25) is 0 Å². The Bertz CT molecular complexity index is 507. The SMILES string of the molecule is COc1cccc(C2(O)CCCCSC2CC2CNCCO2)c1. The molecule has 2 aliphatic rings. The summed E-state index contributed by atoms with van der Waals surface area (Å²) in [7, 11) is 1.67. The van der Waals surface area contributed by atoms with E-state index in [1.807, 2.05) is 36.0 Å². The Balaban J connectivity index is 1.83. The first kappa shape index (κ1) is 17.1. The molecule has 128 valence electrons. The number of thioether (sulfide) groups is 1. The molecule has 2 saturated heterocycles. The highest BCUT2D eigenvalue weighted by molar-refractivity contribution is 7.99. The van der Waals surface area contributed by atoms with Crippen LogP contribution in [0.2, 0.25) is 0 Å². The first-order valence-electron chi connectivity index (χ1n) is 8.53. The summed E-state index contributed by atoms with van der Waals surface area (Å²) in [6.07, 6.45) is 4.10. The van der Waals surface area contributed by atoms with Crippen LogP contribution in [0.1, 0.15) is 31.2 Å². The maximum absolute atomic E-state index is 11.6. The average Bonchev–Trinajstić information content (AvgIpc) is 2.79. The fourth-order valence-electron chi connectivity index (χ4n) is 3.52. The number of hydrogen-bond acceptors (Lipinski definition) is 5. The minimum atomic E-state index is -0.809. The molecule has 2 fully saturated rings. The van der Waals surface area contributed by atoms with Gasteiger partial charge in [-0.1, -0.05) is 12.1 Å². The van der Waals surface area contributed by atoms with Gasteiger partial charge < -0.3 is 19.9 Å². The van der Waals surface area contributed by atoms with E-state index >= 15 is 0 Å². The highest BCUT2D eigenvalue weighted by Crippen LogP contribution is 2.43. The van der Waals surface area contributed by atoms with Crippen molar-refractivity contribution in [2.24, 2.45) is 0 Å². The predicted molar refractivity (Wildman–Crippen MR) is 94.2 cm³/mol. The number of morpholine rings is 1. The standard InChI is InChI=1S/C18H27NO3S/c1-21-15-6-4-5-14(11-15)18(20)7-2-3-10-23-17(18)12-16-13-19-8-9-22-16/h4-6,11,16-17,19-20H,2-3,7-10,12-13H2,1H3. The molecule has 0 aromatic heterocycles. The minimum absolute atomic E-state index is 0.155. The van der Waals surface area contributed by atoms with Crippen LogP contribution in [0.15, 0.2) is 24.3 Å². The van der Waals surface area contributed by atoms with E-state index in [1.54, 1.807) is 7.11 Å². The van der Waals surface area contributed by atoms with Crippen molar-refractivity contribution in [3.63, 3.8) is 0 Å². The molecule has 1 aromatic rings. The molecule has 2 heterocycles. The van der Waals surface area contributed by atoms with Crippen molar-refractivity contribution in [1.82, 2.24) is 5.32 Å². The highest BCUT2D eigenvalue weighted by atomic mass is 32.2. The van der Waals surface area contributed by atoms with Gasteiger partial charge in [0, 0.05) is 18.3 Å². The number of benzene rings is 1. The van der Waals surface area contributed by atoms with Crippen molar-refractivity contribution in [3.8, 4) is 5.75 Å². The van der Waals surface area contributed by atoms with Crippen LogP contribution in [0.5, 0.6) is 5.75 Å². The second-order valence-electron chi connectivity index (χ2n) is 6.41. The van der Waals surface area contributed by atoms with Gasteiger partial charge in [0.05, 0.1) is 19.8 Å². The Kier molecular flexibility index (Phi) is 5.85. The Labute approximate surface area is 142 Å². The van der Waals surface area contributed by atoms with Gasteiger partial charge in [-0.05, 0) is 49.1 Å². The molecule has 1 aromatic carbocycles. The van der Waals surface area contributed by atoms with E-state index in [1.165, 1.54) is 0 Å². The van der Waals surface area contributed by atoms with E-state index in [0.717, 1.165) is 62.4 Å². The number of rotatable bonds is 4. The summed E-state index contributed by atoms with van der Waals surface area (Å²) in [5.41, 5.74) is 0.163.